The Morgan fingerprint density at radius 3 is 2.41 bits per heavy atom. The maximum Gasteiger partial charge on any atom is 0.120 e. The molecule has 0 radical (unpaired) electrons. The van der Waals surface area contributed by atoms with Crippen molar-refractivity contribution in [1.29, 1.82) is 0 Å². The Kier molecular flexibility index (Phi) is 5.96. The number of carbonyl (C=O) groups excluding carboxylic acids is 1. The first-order valence-corrected chi connectivity index (χ1v) is 6.60. The van der Waals surface area contributed by atoms with Gasteiger partial charge in [-0.05, 0) is 51.4 Å². The minimum Gasteiger partial charge on any atom is -0.303 e. The lowest BCUT2D eigenvalue weighted by molar-refractivity contribution is -0.108. The van der Waals surface area contributed by atoms with Gasteiger partial charge in [0.25, 0.3) is 0 Å². The Morgan fingerprint density at radius 1 is 1.24 bits per heavy atom. The Labute approximate surface area is 105 Å². The van der Waals surface area contributed by atoms with Crippen LogP contribution in [0.15, 0.2) is 36.0 Å². The SMILES string of the molecule is C=C(/C=C\C(C)=C/C)C1CCC(CC=O)CC1. The molecule has 0 bridgehead atoms. The number of aldehydes is 1. The summed E-state index contributed by atoms with van der Waals surface area (Å²) in [7, 11) is 0. The molecule has 0 atom stereocenters. The fraction of sp³-hybridized carbons (Fsp3) is 0.562. The van der Waals surface area contributed by atoms with Crippen LogP contribution in [0.25, 0.3) is 0 Å². The van der Waals surface area contributed by atoms with Crippen LogP contribution in [0.4, 0.5) is 0 Å². The Morgan fingerprint density at radius 2 is 1.88 bits per heavy atom. The highest BCUT2D eigenvalue weighted by molar-refractivity contribution is 5.49. The molecule has 0 aromatic carbocycles. The van der Waals surface area contributed by atoms with Crippen LogP contribution < -0.4 is 0 Å². The van der Waals surface area contributed by atoms with Crippen molar-refractivity contribution in [3.8, 4) is 0 Å². The van der Waals surface area contributed by atoms with Crippen LogP contribution in [-0.2, 0) is 4.79 Å². The predicted octanol–water partition coefficient (Wildman–Crippen LogP) is 4.46. The summed E-state index contributed by atoms with van der Waals surface area (Å²) in [5.41, 5.74) is 2.52. The summed E-state index contributed by atoms with van der Waals surface area (Å²) < 4.78 is 0. The molecular weight excluding hydrogens is 208 g/mol. The van der Waals surface area contributed by atoms with E-state index in [4.69, 9.17) is 0 Å². The summed E-state index contributed by atoms with van der Waals surface area (Å²) in [4.78, 5) is 10.5. The molecule has 1 heteroatoms. The van der Waals surface area contributed by atoms with E-state index in [-0.39, 0.29) is 0 Å². The van der Waals surface area contributed by atoms with E-state index < -0.39 is 0 Å². The van der Waals surface area contributed by atoms with Gasteiger partial charge in [-0.15, -0.1) is 0 Å². The monoisotopic (exact) mass is 232 g/mol. The predicted molar refractivity (Wildman–Crippen MR) is 73.8 cm³/mol. The molecule has 0 aromatic rings. The number of carbonyl (C=O) groups is 1. The molecular formula is C16H24O. The first-order valence-electron chi connectivity index (χ1n) is 6.60. The lowest BCUT2D eigenvalue weighted by Crippen LogP contribution is -2.15. The van der Waals surface area contributed by atoms with Gasteiger partial charge in [0, 0.05) is 6.42 Å². The van der Waals surface area contributed by atoms with E-state index in [9.17, 15) is 4.79 Å². The fourth-order valence-electron chi connectivity index (χ4n) is 2.38. The summed E-state index contributed by atoms with van der Waals surface area (Å²) in [6, 6.07) is 0. The summed E-state index contributed by atoms with van der Waals surface area (Å²) in [5.74, 6) is 1.25. The van der Waals surface area contributed by atoms with Crippen molar-refractivity contribution >= 4 is 6.29 Å². The van der Waals surface area contributed by atoms with Crippen LogP contribution in [0, 0.1) is 11.8 Å². The highest BCUT2D eigenvalue weighted by Gasteiger charge is 2.21. The Balaban J connectivity index is 2.41. The van der Waals surface area contributed by atoms with Crippen molar-refractivity contribution in [1.82, 2.24) is 0 Å². The number of allylic oxidation sites excluding steroid dienone is 5. The quantitative estimate of drug-likeness (QED) is 0.505. The van der Waals surface area contributed by atoms with Gasteiger partial charge < -0.3 is 4.79 Å². The van der Waals surface area contributed by atoms with Crippen molar-refractivity contribution in [3.63, 3.8) is 0 Å². The maximum atomic E-state index is 10.5. The second-order valence-corrected chi connectivity index (χ2v) is 5.06. The molecule has 1 fully saturated rings. The zero-order valence-corrected chi connectivity index (χ0v) is 11.1. The lowest BCUT2D eigenvalue weighted by Gasteiger charge is -2.27. The van der Waals surface area contributed by atoms with E-state index in [1.165, 1.54) is 36.8 Å². The standard InChI is InChI=1S/C16H24O/c1-4-13(2)5-6-14(3)16-9-7-15(8-10-16)11-12-17/h4-6,12,15-16H,3,7-11H2,1-2H3/b6-5-,13-4-. The van der Waals surface area contributed by atoms with Gasteiger partial charge in [0.1, 0.15) is 6.29 Å². The molecule has 0 N–H and O–H groups in total. The third-order valence-electron chi connectivity index (χ3n) is 3.82. The summed E-state index contributed by atoms with van der Waals surface area (Å²) in [5, 5.41) is 0. The molecule has 0 saturated heterocycles. The molecule has 1 aliphatic rings. The van der Waals surface area contributed by atoms with Crippen LogP contribution in [0.5, 0.6) is 0 Å². The van der Waals surface area contributed by atoms with Crippen LogP contribution in [0.1, 0.15) is 46.0 Å². The van der Waals surface area contributed by atoms with Gasteiger partial charge in [0.2, 0.25) is 0 Å². The molecule has 17 heavy (non-hydrogen) atoms. The number of rotatable bonds is 5. The minimum atomic E-state index is 0.623. The van der Waals surface area contributed by atoms with E-state index in [1.807, 2.05) is 6.92 Å². The highest BCUT2D eigenvalue weighted by Crippen LogP contribution is 2.34. The van der Waals surface area contributed by atoms with Crippen molar-refractivity contribution < 1.29 is 4.79 Å². The van der Waals surface area contributed by atoms with Crippen LogP contribution in [0.2, 0.25) is 0 Å². The van der Waals surface area contributed by atoms with E-state index in [0.717, 1.165) is 12.7 Å². The topological polar surface area (TPSA) is 17.1 Å². The molecule has 0 heterocycles. The molecule has 0 unspecified atom stereocenters. The van der Waals surface area contributed by atoms with E-state index >= 15 is 0 Å². The Bertz CT molecular complexity index is 314. The average molecular weight is 232 g/mol. The second kappa shape index (κ2) is 7.26. The summed E-state index contributed by atoms with van der Waals surface area (Å²) in [6.07, 6.45) is 12.9. The minimum absolute atomic E-state index is 0.623. The third-order valence-corrected chi connectivity index (χ3v) is 3.82. The molecule has 1 nitrogen and oxygen atoms in total. The summed E-state index contributed by atoms with van der Waals surface area (Å²) >= 11 is 0. The first kappa shape index (κ1) is 14.0. The molecule has 1 aliphatic carbocycles. The van der Waals surface area contributed by atoms with Crippen molar-refractivity contribution in [3.05, 3.63) is 36.0 Å². The van der Waals surface area contributed by atoms with E-state index in [2.05, 4.69) is 31.7 Å². The van der Waals surface area contributed by atoms with Gasteiger partial charge >= 0.3 is 0 Å². The van der Waals surface area contributed by atoms with Crippen molar-refractivity contribution in [2.24, 2.45) is 11.8 Å². The molecule has 0 amide bonds. The van der Waals surface area contributed by atoms with Gasteiger partial charge in [-0.2, -0.15) is 0 Å². The van der Waals surface area contributed by atoms with Gasteiger partial charge in [0.15, 0.2) is 0 Å². The summed E-state index contributed by atoms with van der Waals surface area (Å²) in [6.45, 7) is 8.32. The van der Waals surface area contributed by atoms with E-state index in [0.29, 0.717) is 11.8 Å². The largest absolute Gasteiger partial charge is 0.303 e. The number of hydrogen-bond acceptors (Lipinski definition) is 1. The van der Waals surface area contributed by atoms with Gasteiger partial charge in [0.05, 0.1) is 0 Å². The molecule has 0 spiro atoms. The second-order valence-electron chi connectivity index (χ2n) is 5.06. The normalized spacial score (nSPS) is 26.1. The fourth-order valence-corrected chi connectivity index (χ4v) is 2.38. The molecule has 1 saturated carbocycles. The maximum absolute atomic E-state index is 10.5. The van der Waals surface area contributed by atoms with Crippen LogP contribution in [-0.4, -0.2) is 6.29 Å². The van der Waals surface area contributed by atoms with Crippen LogP contribution in [0.3, 0.4) is 0 Å². The lowest BCUT2D eigenvalue weighted by atomic mass is 9.78. The molecule has 0 aromatic heterocycles. The van der Waals surface area contributed by atoms with Crippen molar-refractivity contribution in [2.45, 2.75) is 46.0 Å². The first-order chi connectivity index (χ1) is 8.17. The Hall–Kier alpha value is -1.11. The highest BCUT2D eigenvalue weighted by atomic mass is 16.1. The third kappa shape index (κ3) is 4.72. The molecule has 1 rings (SSSR count). The van der Waals surface area contributed by atoms with Crippen molar-refractivity contribution in [2.75, 3.05) is 0 Å². The van der Waals surface area contributed by atoms with Gasteiger partial charge in [-0.25, -0.2) is 0 Å². The van der Waals surface area contributed by atoms with Gasteiger partial charge in [-0.1, -0.05) is 36.0 Å². The van der Waals surface area contributed by atoms with Crippen LogP contribution >= 0.6 is 0 Å². The zero-order valence-electron chi connectivity index (χ0n) is 11.1. The molecule has 94 valence electrons. The molecule has 0 aliphatic heterocycles. The average Bonchev–Trinajstić information content (AvgIpc) is 2.36. The van der Waals surface area contributed by atoms with E-state index in [1.54, 1.807) is 0 Å². The van der Waals surface area contributed by atoms with Gasteiger partial charge in [-0.3, -0.25) is 0 Å². The smallest absolute Gasteiger partial charge is 0.120 e. The zero-order chi connectivity index (χ0) is 12.7. The number of hydrogen-bond donors (Lipinski definition) is 0.